The summed E-state index contributed by atoms with van der Waals surface area (Å²) in [5.74, 6) is 0.749. The fourth-order valence-electron chi connectivity index (χ4n) is 2.44. The molecule has 4 nitrogen and oxygen atoms in total. The van der Waals surface area contributed by atoms with Crippen molar-refractivity contribution in [3.05, 3.63) is 29.8 Å². The summed E-state index contributed by atoms with van der Waals surface area (Å²) in [7, 11) is 0. The monoisotopic (exact) mass is 263 g/mol. The number of carbonyl (C=O) groups is 1. The van der Waals surface area contributed by atoms with E-state index in [1.165, 1.54) is 0 Å². The van der Waals surface area contributed by atoms with E-state index in [-0.39, 0.29) is 12.2 Å². The number of ether oxygens (including phenoxy) is 2. The van der Waals surface area contributed by atoms with E-state index >= 15 is 0 Å². The van der Waals surface area contributed by atoms with Crippen LogP contribution in [0.1, 0.15) is 24.2 Å². The molecule has 2 atom stereocenters. The quantitative estimate of drug-likeness (QED) is 0.762. The molecule has 0 N–H and O–H groups in total. The topological polar surface area (TPSA) is 38.8 Å². The summed E-state index contributed by atoms with van der Waals surface area (Å²) < 4.78 is 11.4. The van der Waals surface area contributed by atoms with E-state index in [4.69, 9.17) is 9.47 Å². The molecule has 0 bridgehead atoms. The van der Waals surface area contributed by atoms with Gasteiger partial charge in [-0.15, -0.1) is 0 Å². The van der Waals surface area contributed by atoms with Crippen molar-refractivity contribution in [2.45, 2.75) is 26.1 Å². The SMILES string of the molecule is CC1CN(CCOc2cccc(C=O)c2)CC(C)O1. The molecule has 0 spiro atoms. The third kappa shape index (κ3) is 4.33. The highest BCUT2D eigenvalue weighted by molar-refractivity contribution is 5.75. The number of rotatable bonds is 5. The molecule has 1 aliphatic heterocycles. The van der Waals surface area contributed by atoms with Crippen LogP contribution in [0.15, 0.2) is 24.3 Å². The van der Waals surface area contributed by atoms with Crippen molar-refractivity contribution in [3.8, 4) is 5.75 Å². The van der Waals surface area contributed by atoms with E-state index in [9.17, 15) is 4.79 Å². The van der Waals surface area contributed by atoms with E-state index in [0.29, 0.717) is 12.2 Å². The van der Waals surface area contributed by atoms with Crippen molar-refractivity contribution in [3.63, 3.8) is 0 Å². The second-order valence-electron chi connectivity index (χ2n) is 5.06. The lowest BCUT2D eigenvalue weighted by Gasteiger charge is -2.35. The van der Waals surface area contributed by atoms with Gasteiger partial charge >= 0.3 is 0 Å². The predicted molar refractivity (Wildman–Crippen MR) is 73.8 cm³/mol. The van der Waals surface area contributed by atoms with Crippen molar-refractivity contribution in [2.75, 3.05) is 26.2 Å². The molecule has 0 amide bonds. The zero-order chi connectivity index (χ0) is 13.7. The summed E-state index contributed by atoms with van der Waals surface area (Å²) in [5, 5.41) is 0. The van der Waals surface area contributed by atoms with E-state index in [2.05, 4.69) is 18.7 Å². The van der Waals surface area contributed by atoms with Crippen molar-refractivity contribution < 1.29 is 14.3 Å². The normalized spacial score (nSPS) is 24.1. The number of carbonyl (C=O) groups excluding carboxylic acids is 1. The van der Waals surface area contributed by atoms with Crippen LogP contribution in [-0.4, -0.2) is 49.6 Å². The molecule has 0 aromatic heterocycles. The number of hydrogen-bond acceptors (Lipinski definition) is 4. The molecule has 1 fully saturated rings. The average molecular weight is 263 g/mol. The van der Waals surface area contributed by atoms with Crippen LogP contribution in [0, 0.1) is 0 Å². The first-order valence-electron chi connectivity index (χ1n) is 6.73. The molecular weight excluding hydrogens is 242 g/mol. The summed E-state index contributed by atoms with van der Waals surface area (Å²) >= 11 is 0. The van der Waals surface area contributed by atoms with Crippen LogP contribution in [0.4, 0.5) is 0 Å². The summed E-state index contributed by atoms with van der Waals surface area (Å²) in [5.41, 5.74) is 0.645. The molecule has 0 saturated carbocycles. The van der Waals surface area contributed by atoms with Crippen LogP contribution in [0.3, 0.4) is 0 Å². The molecule has 1 aromatic carbocycles. The minimum Gasteiger partial charge on any atom is -0.492 e. The van der Waals surface area contributed by atoms with Gasteiger partial charge in [-0.1, -0.05) is 12.1 Å². The third-order valence-electron chi connectivity index (χ3n) is 3.17. The molecule has 1 aliphatic rings. The Bertz CT molecular complexity index is 412. The Labute approximate surface area is 114 Å². The van der Waals surface area contributed by atoms with Gasteiger partial charge in [-0.05, 0) is 26.0 Å². The summed E-state index contributed by atoms with van der Waals surface area (Å²) in [4.78, 5) is 13.0. The highest BCUT2D eigenvalue weighted by atomic mass is 16.5. The largest absolute Gasteiger partial charge is 0.492 e. The zero-order valence-electron chi connectivity index (χ0n) is 11.5. The Hall–Kier alpha value is -1.39. The average Bonchev–Trinajstić information content (AvgIpc) is 2.38. The summed E-state index contributed by atoms with van der Waals surface area (Å²) in [6, 6.07) is 7.23. The molecule has 0 aliphatic carbocycles. The first-order valence-corrected chi connectivity index (χ1v) is 6.73. The maximum absolute atomic E-state index is 10.7. The molecule has 104 valence electrons. The van der Waals surface area contributed by atoms with E-state index < -0.39 is 0 Å². The zero-order valence-corrected chi connectivity index (χ0v) is 11.5. The molecule has 0 radical (unpaired) electrons. The predicted octanol–water partition coefficient (Wildman–Crippen LogP) is 1.99. The smallest absolute Gasteiger partial charge is 0.150 e. The van der Waals surface area contributed by atoms with Crippen molar-refractivity contribution in [2.24, 2.45) is 0 Å². The minimum absolute atomic E-state index is 0.280. The molecule has 2 rings (SSSR count). The minimum atomic E-state index is 0.280. The summed E-state index contributed by atoms with van der Waals surface area (Å²) in [6.45, 7) is 7.59. The highest BCUT2D eigenvalue weighted by Crippen LogP contribution is 2.13. The van der Waals surface area contributed by atoms with Gasteiger partial charge in [0.25, 0.3) is 0 Å². The van der Waals surface area contributed by atoms with Crippen LogP contribution in [0.2, 0.25) is 0 Å². The van der Waals surface area contributed by atoms with Crippen molar-refractivity contribution in [1.82, 2.24) is 4.90 Å². The van der Waals surface area contributed by atoms with E-state index in [0.717, 1.165) is 31.7 Å². The lowest BCUT2D eigenvalue weighted by Crippen LogP contribution is -2.46. The second kappa shape index (κ2) is 6.68. The molecule has 1 saturated heterocycles. The van der Waals surface area contributed by atoms with Crippen LogP contribution >= 0.6 is 0 Å². The number of hydrogen-bond donors (Lipinski definition) is 0. The van der Waals surface area contributed by atoms with Gasteiger partial charge in [-0.2, -0.15) is 0 Å². The van der Waals surface area contributed by atoms with Crippen LogP contribution in [-0.2, 0) is 4.74 Å². The Morgan fingerprint density at radius 2 is 2.11 bits per heavy atom. The number of aldehydes is 1. The van der Waals surface area contributed by atoms with Gasteiger partial charge in [-0.25, -0.2) is 0 Å². The van der Waals surface area contributed by atoms with Gasteiger partial charge in [0.15, 0.2) is 0 Å². The first kappa shape index (κ1) is 14.0. The Kier molecular flexibility index (Phi) is 4.93. The fraction of sp³-hybridized carbons (Fsp3) is 0.533. The third-order valence-corrected chi connectivity index (χ3v) is 3.17. The standard InChI is InChI=1S/C15H21NO3/c1-12-9-16(10-13(2)19-12)6-7-18-15-5-3-4-14(8-15)11-17/h3-5,8,11-13H,6-7,9-10H2,1-2H3. The maximum Gasteiger partial charge on any atom is 0.150 e. The van der Waals surface area contributed by atoms with Crippen molar-refractivity contribution in [1.29, 1.82) is 0 Å². The Morgan fingerprint density at radius 3 is 2.79 bits per heavy atom. The number of nitrogens with zero attached hydrogens (tertiary/aromatic N) is 1. The lowest BCUT2D eigenvalue weighted by molar-refractivity contribution is -0.0699. The molecule has 2 unspecified atom stereocenters. The second-order valence-corrected chi connectivity index (χ2v) is 5.06. The lowest BCUT2D eigenvalue weighted by atomic mass is 10.2. The summed E-state index contributed by atoms with van der Waals surface area (Å²) in [6.07, 6.45) is 1.39. The van der Waals surface area contributed by atoms with E-state index in [1.54, 1.807) is 12.1 Å². The Balaban J connectivity index is 1.78. The van der Waals surface area contributed by atoms with Crippen LogP contribution in [0.5, 0.6) is 5.75 Å². The number of benzene rings is 1. The van der Waals surface area contributed by atoms with Gasteiger partial charge in [0.1, 0.15) is 18.6 Å². The highest BCUT2D eigenvalue weighted by Gasteiger charge is 2.21. The first-order chi connectivity index (χ1) is 9.17. The van der Waals surface area contributed by atoms with Crippen LogP contribution in [0.25, 0.3) is 0 Å². The van der Waals surface area contributed by atoms with Crippen molar-refractivity contribution >= 4 is 6.29 Å². The van der Waals surface area contributed by atoms with Gasteiger partial charge < -0.3 is 9.47 Å². The van der Waals surface area contributed by atoms with Gasteiger partial charge in [0, 0.05) is 25.2 Å². The fourth-order valence-corrected chi connectivity index (χ4v) is 2.44. The molecular formula is C15H21NO3. The van der Waals surface area contributed by atoms with Gasteiger partial charge in [0.2, 0.25) is 0 Å². The Morgan fingerprint density at radius 1 is 1.37 bits per heavy atom. The van der Waals surface area contributed by atoms with E-state index in [1.807, 2.05) is 12.1 Å². The maximum atomic E-state index is 10.7. The molecule has 1 aromatic rings. The number of morpholine rings is 1. The van der Waals surface area contributed by atoms with Gasteiger partial charge in [-0.3, -0.25) is 9.69 Å². The molecule has 4 heteroatoms. The van der Waals surface area contributed by atoms with Crippen LogP contribution < -0.4 is 4.74 Å². The molecule has 1 heterocycles. The van der Waals surface area contributed by atoms with Gasteiger partial charge in [0.05, 0.1) is 12.2 Å². The molecule has 19 heavy (non-hydrogen) atoms.